The predicted octanol–water partition coefficient (Wildman–Crippen LogP) is 0.791. The summed E-state index contributed by atoms with van der Waals surface area (Å²) in [5.74, 6) is 0. The van der Waals surface area contributed by atoms with Gasteiger partial charge in [0.2, 0.25) is 0 Å². The van der Waals surface area contributed by atoms with Gasteiger partial charge in [0, 0.05) is 37.9 Å². The van der Waals surface area contributed by atoms with Crippen LogP contribution in [0.15, 0.2) is 12.4 Å². The standard InChI is InChI=1S/C14H26N4O/c1-4-18-10-13(8-15-18)9-17(3)12-14(19)6-5-7-16(2)11-14/h8,10,19H,4-7,9,11-12H2,1-3H3/t14-/m1/s1. The lowest BCUT2D eigenvalue weighted by Crippen LogP contribution is -2.52. The summed E-state index contributed by atoms with van der Waals surface area (Å²) < 4.78 is 1.94. The van der Waals surface area contributed by atoms with Crippen molar-refractivity contribution in [1.82, 2.24) is 19.6 Å². The summed E-state index contributed by atoms with van der Waals surface area (Å²) in [7, 11) is 4.14. The highest BCUT2D eigenvalue weighted by Gasteiger charge is 2.32. The first-order chi connectivity index (χ1) is 9.00. The van der Waals surface area contributed by atoms with E-state index in [1.807, 2.05) is 10.9 Å². The van der Waals surface area contributed by atoms with E-state index in [0.29, 0.717) is 6.54 Å². The molecule has 1 fully saturated rings. The van der Waals surface area contributed by atoms with Crippen molar-refractivity contribution in [2.24, 2.45) is 0 Å². The zero-order chi connectivity index (χ0) is 13.9. The maximum atomic E-state index is 10.6. The second kappa shape index (κ2) is 6.03. The Morgan fingerprint density at radius 3 is 2.95 bits per heavy atom. The highest BCUT2D eigenvalue weighted by molar-refractivity contribution is 5.04. The van der Waals surface area contributed by atoms with E-state index in [2.05, 4.69) is 42.1 Å². The van der Waals surface area contributed by atoms with E-state index in [1.165, 1.54) is 5.56 Å². The van der Waals surface area contributed by atoms with Crippen molar-refractivity contribution < 1.29 is 5.11 Å². The molecular weight excluding hydrogens is 240 g/mol. The van der Waals surface area contributed by atoms with Gasteiger partial charge in [-0.05, 0) is 40.4 Å². The molecule has 1 aromatic heterocycles. The Balaban J connectivity index is 1.87. The van der Waals surface area contributed by atoms with E-state index in [-0.39, 0.29) is 0 Å². The Morgan fingerprint density at radius 1 is 1.53 bits per heavy atom. The van der Waals surface area contributed by atoms with Crippen molar-refractivity contribution in [2.75, 3.05) is 33.7 Å². The summed E-state index contributed by atoms with van der Waals surface area (Å²) in [6, 6.07) is 0. The summed E-state index contributed by atoms with van der Waals surface area (Å²) >= 11 is 0. The van der Waals surface area contributed by atoms with Gasteiger partial charge < -0.3 is 10.0 Å². The number of aromatic nitrogens is 2. The normalized spacial score (nSPS) is 25.1. The SMILES string of the molecule is CCn1cc(CN(C)C[C@@]2(O)CCCN(C)C2)cn1. The molecule has 0 spiro atoms. The fourth-order valence-electron chi connectivity index (χ4n) is 3.00. The maximum absolute atomic E-state index is 10.6. The van der Waals surface area contributed by atoms with Gasteiger partial charge in [0.15, 0.2) is 0 Å². The van der Waals surface area contributed by atoms with Gasteiger partial charge in [0.25, 0.3) is 0 Å². The molecule has 1 N–H and O–H groups in total. The zero-order valence-electron chi connectivity index (χ0n) is 12.3. The molecule has 19 heavy (non-hydrogen) atoms. The maximum Gasteiger partial charge on any atom is 0.0900 e. The molecule has 108 valence electrons. The first kappa shape index (κ1) is 14.5. The van der Waals surface area contributed by atoms with E-state index in [4.69, 9.17) is 0 Å². The van der Waals surface area contributed by atoms with Gasteiger partial charge >= 0.3 is 0 Å². The van der Waals surface area contributed by atoms with Gasteiger partial charge in [-0.1, -0.05) is 0 Å². The molecule has 1 saturated heterocycles. The third kappa shape index (κ3) is 4.03. The number of likely N-dealkylation sites (N-methyl/N-ethyl adjacent to an activating group) is 2. The molecule has 1 aromatic rings. The molecule has 0 saturated carbocycles. The Morgan fingerprint density at radius 2 is 2.32 bits per heavy atom. The molecule has 2 rings (SSSR count). The van der Waals surface area contributed by atoms with Gasteiger partial charge in [-0.3, -0.25) is 9.58 Å². The predicted molar refractivity (Wildman–Crippen MR) is 75.9 cm³/mol. The molecule has 5 heteroatoms. The van der Waals surface area contributed by atoms with Crippen molar-refractivity contribution in [3.63, 3.8) is 0 Å². The molecule has 0 amide bonds. The third-order valence-corrected chi connectivity index (χ3v) is 3.77. The van der Waals surface area contributed by atoms with Crippen molar-refractivity contribution >= 4 is 0 Å². The minimum Gasteiger partial charge on any atom is -0.387 e. The van der Waals surface area contributed by atoms with Crippen LogP contribution in [-0.2, 0) is 13.1 Å². The average molecular weight is 266 g/mol. The van der Waals surface area contributed by atoms with Gasteiger partial charge in [0.1, 0.15) is 0 Å². The highest BCUT2D eigenvalue weighted by atomic mass is 16.3. The fraction of sp³-hybridized carbons (Fsp3) is 0.786. The lowest BCUT2D eigenvalue weighted by atomic mass is 9.92. The molecule has 0 bridgehead atoms. The average Bonchev–Trinajstić information content (AvgIpc) is 2.75. The quantitative estimate of drug-likeness (QED) is 0.856. The summed E-state index contributed by atoms with van der Waals surface area (Å²) in [6.07, 6.45) is 5.97. The third-order valence-electron chi connectivity index (χ3n) is 3.77. The lowest BCUT2D eigenvalue weighted by molar-refractivity contribution is -0.0441. The number of hydrogen-bond donors (Lipinski definition) is 1. The fourth-order valence-corrected chi connectivity index (χ4v) is 3.00. The Bertz CT molecular complexity index is 406. The van der Waals surface area contributed by atoms with Crippen molar-refractivity contribution in [3.05, 3.63) is 18.0 Å². The second-order valence-corrected chi connectivity index (χ2v) is 5.94. The van der Waals surface area contributed by atoms with E-state index >= 15 is 0 Å². The largest absolute Gasteiger partial charge is 0.387 e. The van der Waals surface area contributed by atoms with Gasteiger partial charge in [-0.25, -0.2) is 0 Å². The topological polar surface area (TPSA) is 44.5 Å². The van der Waals surface area contributed by atoms with Gasteiger partial charge in [-0.2, -0.15) is 5.10 Å². The van der Waals surface area contributed by atoms with Crippen LogP contribution in [0.4, 0.5) is 0 Å². The van der Waals surface area contributed by atoms with Crippen LogP contribution in [-0.4, -0.2) is 64.0 Å². The molecule has 1 aliphatic heterocycles. The summed E-state index contributed by atoms with van der Waals surface area (Å²) in [5.41, 5.74) is 0.639. The van der Waals surface area contributed by atoms with Crippen LogP contribution in [0.1, 0.15) is 25.3 Å². The number of nitrogens with zero attached hydrogens (tertiary/aromatic N) is 4. The number of hydrogen-bond acceptors (Lipinski definition) is 4. The molecule has 0 radical (unpaired) electrons. The minimum absolute atomic E-state index is 0.567. The monoisotopic (exact) mass is 266 g/mol. The van der Waals surface area contributed by atoms with E-state index in [0.717, 1.165) is 39.0 Å². The Kier molecular flexibility index (Phi) is 4.60. The van der Waals surface area contributed by atoms with Crippen LogP contribution in [0, 0.1) is 0 Å². The van der Waals surface area contributed by atoms with Crippen LogP contribution in [0.2, 0.25) is 0 Å². The summed E-state index contributed by atoms with van der Waals surface area (Å²) in [4.78, 5) is 4.41. The number of β-amino-alcohol motifs (C(OH)–C–C–N with tert-alkyl or cyclic N) is 1. The minimum atomic E-state index is -0.567. The first-order valence-corrected chi connectivity index (χ1v) is 7.11. The molecular formula is C14H26N4O. The van der Waals surface area contributed by atoms with Crippen molar-refractivity contribution in [3.8, 4) is 0 Å². The number of aryl methyl sites for hydroxylation is 1. The highest BCUT2D eigenvalue weighted by Crippen LogP contribution is 2.21. The van der Waals surface area contributed by atoms with Crippen LogP contribution in [0.3, 0.4) is 0 Å². The van der Waals surface area contributed by atoms with Crippen molar-refractivity contribution in [2.45, 2.75) is 38.5 Å². The number of rotatable bonds is 5. The van der Waals surface area contributed by atoms with E-state index in [9.17, 15) is 5.11 Å². The molecule has 5 nitrogen and oxygen atoms in total. The summed E-state index contributed by atoms with van der Waals surface area (Å²) in [5, 5.41) is 14.9. The van der Waals surface area contributed by atoms with Gasteiger partial charge in [-0.15, -0.1) is 0 Å². The lowest BCUT2D eigenvalue weighted by Gasteiger charge is -2.39. The van der Waals surface area contributed by atoms with Crippen LogP contribution >= 0.6 is 0 Å². The van der Waals surface area contributed by atoms with Crippen LogP contribution in [0.5, 0.6) is 0 Å². The zero-order valence-corrected chi connectivity index (χ0v) is 12.3. The molecule has 1 atom stereocenters. The Labute approximate surface area is 115 Å². The number of likely N-dealkylation sites (tertiary alicyclic amines) is 1. The van der Waals surface area contributed by atoms with Crippen LogP contribution in [0.25, 0.3) is 0 Å². The number of piperidine rings is 1. The van der Waals surface area contributed by atoms with Crippen molar-refractivity contribution in [1.29, 1.82) is 0 Å². The number of aliphatic hydroxyl groups is 1. The van der Waals surface area contributed by atoms with E-state index < -0.39 is 5.60 Å². The van der Waals surface area contributed by atoms with Crippen LogP contribution < -0.4 is 0 Å². The second-order valence-electron chi connectivity index (χ2n) is 5.94. The first-order valence-electron chi connectivity index (χ1n) is 7.11. The molecule has 0 aromatic carbocycles. The molecule has 2 heterocycles. The van der Waals surface area contributed by atoms with E-state index in [1.54, 1.807) is 0 Å². The molecule has 0 aliphatic carbocycles. The smallest absolute Gasteiger partial charge is 0.0900 e. The molecule has 0 unspecified atom stereocenters. The molecule has 1 aliphatic rings. The van der Waals surface area contributed by atoms with Gasteiger partial charge in [0.05, 0.1) is 11.8 Å². The Hall–Kier alpha value is -0.910. The summed E-state index contributed by atoms with van der Waals surface area (Å²) in [6.45, 7) is 6.40.